The van der Waals surface area contributed by atoms with Gasteiger partial charge in [-0.3, -0.25) is 14.9 Å². The summed E-state index contributed by atoms with van der Waals surface area (Å²) in [5.74, 6) is 1.74. The van der Waals surface area contributed by atoms with E-state index in [0.717, 1.165) is 50.3 Å². The van der Waals surface area contributed by atoms with Crippen molar-refractivity contribution in [3.63, 3.8) is 0 Å². The molecular weight excluding hydrogens is 264 g/mol. The predicted octanol–water partition coefficient (Wildman–Crippen LogP) is 1.28. The SMILES string of the molecule is COC(=O)CCCCCCCNC(=O)C1CSCN1. The molecule has 2 N–H and O–H groups in total. The lowest BCUT2D eigenvalue weighted by atomic mass is 10.1. The number of esters is 1. The number of amides is 1. The molecule has 1 aliphatic heterocycles. The van der Waals surface area contributed by atoms with E-state index in [-0.39, 0.29) is 17.9 Å². The van der Waals surface area contributed by atoms with Crippen molar-refractivity contribution < 1.29 is 14.3 Å². The Morgan fingerprint density at radius 2 is 2.00 bits per heavy atom. The Kier molecular flexibility index (Phi) is 8.66. The third-order valence-corrected chi connectivity index (χ3v) is 4.06. The van der Waals surface area contributed by atoms with E-state index >= 15 is 0 Å². The van der Waals surface area contributed by atoms with Gasteiger partial charge in [0.2, 0.25) is 5.91 Å². The van der Waals surface area contributed by atoms with Crippen LogP contribution in [0.15, 0.2) is 0 Å². The van der Waals surface area contributed by atoms with Crippen LogP contribution in [0.5, 0.6) is 0 Å². The summed E-state index contributed by atoms with van der Waals surface area (Å²) in [6, 6.07) is -0.00921. The summed E-state index contributed by atoms with van der Waals surface area (Å²) >= 11 is 1.76. The normalized spacial score (nSPS) is 18.3. The van der Waals surface area contributed by atoms with Crippen molar-refractivity contribution in [1.29, 1.82) is 0 Å². The van der Waals surface area contributed by atoms with E-state index in [4.69, 9.17) is 0 Å². The fraction of sp³-hybridized carbons (Fsp3) is 0.846. The Labute approximate surface area is 119 Å². The van der Waals surface area contributed by atoms with Gasteiger partial charge < -0.3 is 10.1 Å². The Hall–Kier alpha value is -0.750. The van der Waals surface area contributed by atoms with Crippen molar-refractivity contribution in [2.45, 2.75) is 44.6 Å². The highest BCUT2D eigenvalue weighted by Gasteiger charge is 2.21. The van der Waals surface area contributed by atoms with E-state index in [1.54, 1.807) is 11.8 Å². The van der Waals surface area contributed by atoms with Gasteiger partial charge in [0.05, 0.1) is 13.2 Å². The van der Waals surface area contributed by atoms with E-state index < -0.39 is 0 Å². The molecule has 0 aliphatic carbocycles. The third kappa shape index (κ3) is 7.42. The highest BCUT2D eigenvalue weighted by molar-refractivity contribution is 7.99. The Morgan fingerprint density at radius 3 is 2.68 bits per heavy atom. The lowest BCUT2D eigenvalue weighted by Gasteiger charge is -2.10. The van der Waals surface area contributed by atoms with Gasteiger partial charge in [-0.15, -0.1) is 11.8 Å². The summed E-state index contributed by atoms with van der Waals surface area (Å²) in [6.45, 7) is 0.749. The minimum absolute atomic E-state index is 0.00921. The first-order chi connectivity index (χ1) is 9.24. The molecule has 0 aromatic carbocycles. The monoisotopic (exact) mass is 288 g/mol. The topological polar surface area (TPSA) is 67.4 Å². The van der Waals surface area contributed by atoms with Crippen LogP contribution in [0.1, 0.15) is 38.5 Å². The molecule has 0 saturated carbocycles. The molecule has 1 unspecified atom stereocenters. The maximum atomic E-state index is 11.7. The molecule has 6 heteroatoms. The molecule has 0 aromatic rings. The zero-order chi connectivity index (χ0) is 13.9. The molecule has 1 fully saturated rings. The van der Waals surface area contributed by atoms with Crippen LogP contribution in [0, 0.1) is 0 Å². The van der Waals surface area contributed by atoms with Gasteiger partial charge in [-0.1, -0.05) is 19.3 Å². The van der Waals surface area contributed by atoms with Crippen LogP contribution in [0.3, 0.4) is 0 Å². The van der Waals surface area contributed by atoms with Crippen LogP contribution in [-0.2, 0) is 14.3 Å². The molecule has 5 nitrogen and oxygen atoms in total. The smallest absolute Gasteiger partial charge is 0.305 e. The second-order valence-electron chi connectivity index (χ2n) is 4.66. The molecule has 19 heavy (non-hydrogen) atoms. The molecule has 1 amide bonds. The first kappa shape index (κ1) is 16.3. The van der Waals surface area contributed by atoms with E-state index in [2.05, 4.69) is 15.4 Å². The Bertz CT molecular complexity index is 281. The van der Waals surface area contributed by atoms with E-state index in [9.17, 15) is 9.59 Å². The number of methoxy groups -OCH3 is 1. The lowest BCUT2D eigenvalue weighted by molar-refractivity contribution is -0.140. The second-order valence-corrected chi connectivity index (χ2v) is 5.69. The van der Waals surface area contributed by atoms with Crippen molar-refractivity contribution in [2.75, 3.05) is 25.3 Å². The fourth-order valence-electron chi connectivity index (χ4n) is 1.93. The molecular formula is C13H24N2O3S. The van der Waals surface area contributed by atoms with Crippen LogP contribution in [0.25, 0.3) is 0 Å². The molecule has 0 bridgehead atoms. The molecule has 1 atom stereocenters. The summed E-state index contributed by atoms with van der Waals surface area (Å²) in [4.78, 5) is 22.5. The largest absolute Gasteiger partial charge is 0.469 e. The number of nitrogens with one attached hydrogen (secondary N) is 2. The first-order valence-electron chi connectivity index (χ1n) is 6.89. The summed E-state index contributed by atoms with van der Waals surface area (Å²) in [7, 11) is 1.42. The molecule has 0 aromatic heterocycles. The number of ether oxygens (including phenoxy) is 1. The standard InChI is InChI=1S/C13H24N2O3S/c1-18-12(16)7-5-3-2-4-6-8-14-13(17)11-9-19-10-15-11/h11,15H,2-10H2,1H3,(H,14,17). The number of carbonyl (C=O) groups is 2. The second kappa shape index (κ2) is 10.1. The zero-order valence-electron chi connectivity index (χ0n) is 11.6. The van der Waals surface area contributed by atoms with Crippen molar-refractivity contribution in [2.24, 2.45) is 0 Å². The summed E-state index contributed by atoms with van der Waals surface area (Å²) in [5, 5.41) is 6.10. The van der Waals surface area contributed by atoms with Crippen LogP contribution < -0.4 is 10.6 Å². The summed E-state index contributed by atoms with van der Waals surface area (Å²) in [6.07, 6.45) is 5.65. The molecule has 0 radical (unpaired) electrons. The highest BCUT2D eigenvalue weighted by Crippen LogP contribution is 2.09. The fourth-order valence-corrected chi connectivity index (χ4v) is 2.87. The Balaban J connectivity index is 1.85. The van der Waals surface area contributed by atoms with Crippen molar-refractivity contribution >= 4 is 23.6 Å². The molecule has 1 aliphatic rings. The van der Waals surface area contributed by atoms with E-state index in [1.807, 2.05) is 0 Å². The average molecular weight is 288 g/mol. The van der Waals surface area contributed by atoms with Crippen molar-refractivity contribution in [3.05, 3.63) is 0 Å². The highest BCUT2D eigenvalue weighted by atomic mass is 32.2. The number of carbonyl (C=O) groups excluding carboxylic acids is 2. The maximum Gasteiger partial charge on any atom is 0.305 e. The molecule has 0 spiro atoms. The van der Waals surface area contributed by atoms with Crippen molar-refractivity contribution in [3.8, 4) is 0 Å². The van der Waals surface area contributed by atoms with Crippen LogP contribution in [0.2, 0.25) is 0 Å². The summed E-state index contributed by atoms with van der Waals surface area (Å²) < 4.78 is 4.58. The molecule has 1 rings (SSSR count). The van der Waals surface area contributed by atoms with Crippen LogP contribution in [0.4, 0.5) is 0 Å². The van der Waals surface area contributed by atoms with Gasteiger partial charge in [0.15, 0.2) is 0 Å². The van der Waals surface area contributed by atoms with Crippen LogP contribution in [-0.4, -0.2) is 43.2 Å². The van der Waals surface area contributed by atoms with Gasteiger partial charge in [0.25, 0.3) is 0 Å². The zero-order valence-corrected chi connectivity index (χ0v) is 12.4. The number of hydrogen-bond acceptors (Lipinski definition) is 5. The number of unbranched alkanes of at least 4 members (excludes halogenated alkanes) is 4. The quantitative estimate of drug-likeness (QED) is 0.494. The molecule has 1 heterocycles. The maximum absolute atomic E-state index is 11.7. The number of hydrogen-bond donors (Lipinski definition) is 2. The van der Waals surface area contributed by atoms with Gasteiger partial charge in [-0.2, -0.15) is 0 Å². The Morgan fingerprint density at radius 1 is 1.26 bits per heavy atom. The van der Waals surface area contributed by atoms with E-state index in [1.165, 1.54) is 7.11 Å². The minimum Gasteiger partial charge on any atom is -0.469 e. The van der Waals surface area contributed by atoms with Gasteiger partial charge in [0, 0.05) is 24.6 Å². The van der Waals surface area contributed by atoms with Crippen molar-refractivity contribution in [1.82, 2.24) is 10.6 Å². The van der Waals surface area contributed by atoms with Gasteiger partial charge in [-0.25, -0.2) is 0 Å². The molecule has 110 valence electrons. The lowest BCUT2D eigenvalue weighted by Crippen LogP contribution is -2.42. The molecule has 1 saturated heterocycles. The number of thioether (sulfide) groups is 1. The summed E-state index contributed by atoms with van der Waals surface area (Å²) in [5.41, 5.74) is 0. The third-order valence-electron chi connectivity index (χ3n) is 3.12. The van der Waals surface area contributed by atoms with Gasteiger partial charge in [-0.05, 0) is 12.8 Å². The average Bonchev–Trinajstić information content (AvgIpc) is 2.95. The minimum atomic E-state index is -0.130. The predicted molar refractivity (Wildman–Crippen MR) is 77.0 cm³/mol. The first-order valence-corrected chi connectivity index (χ1v) is 8.05. The van der Waals surface area contributed by atoms with Crippen LogP contribution >= 0.6 is 11.8 Å². The van der Waals surface area contributed by atoms with Gasteiger partial charge in [0.1, 0.15) is 0 Å². The van der Waals surface area contributed by atoms with E-state index in [0.29, 0.717) is 6.42 Å². The number of rotatable bonds is 9. The van der Waals surface area contributed by atoms with Gasteiger partial charge >= 0.3 is 5.97 Å².